The Morgan fingerprint density at radius 3 is 2.06 bits per heavy atom. The molecule has 0 bridgehead atoms. The van der Waals surface area contributed by atoms with Crippen LogP contribution in [0.1, 0.15) is 79.1 Å². The van der Waals surface area contributed by atoms with E-state index in [1.54, 1.807) is 12.3 Å². The van der Waals surface area contributed by atoms with Crippen molar-refractivity contribution in [2.75, 3.05) is 0 Å². The molecule has 258 valence electrons. The number of rotatable bonds is 5. The normalized spacial score (nSPS) is 15.6. The maximum absolute atomic E-state index is 17.4. The summed E-state index contributed by atoms with van der Waals surface area (Å²) in [5.41, 5.74) is 1.83. The number of para-hydroxylation sites is 3. The molecule has 8 rings (SSSR count). The number of pyridine rings is 2. The zero-order chi connectivity index (χ0) is 42.6. The first-order chi connectivity index (χ1) is 27.6. The highest BCUT2D eigenvalue weighted by Crippen LogP contribution is 2.43. The van der Waals surface area contributed by atoms with Crippen molar-refractivity contribution in [3.63, 3.8) is 0 Å². The van der Waals surface area contributed by atoms with Crippen LogP contribution in [0.3, 0.4) is 0 Å². The lowest BCUT2D eigenvalue weighted by molar-refractivity contribution is 0.0380. The van der Waals surface area contributed by atoms with Crippen LogP contribution in [0.25, 0.3) is 27.6 Å². The maximum Gasteiger partial charge on any atom is 0.503 e. The Hall–Kier alpha value is -5.78. The Kier molecular flexibility index (Phi) is 5.96. The summed E-state index contributed by atoms with van der Waals surface area (Å²) in [6, 6.07) is 24.7. The summed E-state index contributed by atoms with van der Waals surface area (Å²) in [7, 11) is 0. The third-order valence-corrected chi connectivity index (χ3v) is 9.55. The molecule has 1 aliphatic heterocycles. The van der Waals surface area contributed by atoms with E-state index in [-0.39, 0.29) is 39.6 Å². The molecule has 0 unspecified atom stereocenters. The second-order valence-electron chi connectivity index (χ2n) is 15.2. The van der Waals surface area contributed by atoms with Crippen molar-refractivity contribution in [2.45, 2.75) is 65.1 Å². The highest BCUT2D eigenvalue weighted by Gasteiger charge is 2.41. The van der Waals surface area contributed by atoms with Gasteiger partial charge in [-0.05, 0) is 68.3 Å². The monoisotopic (exact) mass is 696 g/mol. The molecule has 0 N–H and O–H groups in total. The SMILES string of the molecule is [2H]c1c([2H])c([2H])c2c(c1[2H])[N+](c1ccc(C([2H])([2H])[2H])cc1)=C=[N+]2c1cc(C(C)(C)C)cc(C(F)(F)c2cc3c(cn2)c2ccccc2n3-c2cc(C(C)(C)C)ccn2)c1. The topological polar surface area (TPSA) is 36.7 Å². The minimum atomic E-state index is -3.66. The van der Waals surface area contributed by atoms with Gasteiger partial charge in [0.2, 0.25) is 11.4 Å². The number of aromatic nitrogens is 3. The first-order valence-corrected chi connectivity index (χ1v) is 17.1. The van der Waals surface area contributed by atoms with E-state index in [4.69, 9.17) is 9.60 Å². The van der Waals surface area contributed by atoms with E-state index in [2.05, 4.69) is 36.7 Å². The lowest BCUT2D eigenvalue weighted by atomic mass is 9.84. The third kappa shape index (κ3) is 5.62. The largest absolute Gasteiger partial charge is 0.503 e. The van der Waals surface area contributed by atoms with Crippen LogP contribution in [0.15, 0.2) is 121 Å². The minimum absolute atomic E-state index is 0.00488. The van der Waals surface area contributed by atoms with Crippen molar-refractivity contribution in [1.82, 2.24) is 23.7 Å². The number of nitrogens with zero attached hydrogens (tertiary/aromatic N) is 5. The Balaban J connectivity index is 1.35. The van der Waals surface area contributed by atoms with Gasteiger partial charge in [0.05, 0.1) is 16.5 Å². The van der Waals surface area contributed by atoms with Gasteiger partial charge in [-0.1, -0.05) is 89.5 Å². The van der Waals surface area contributed by atoms with Gasteiger partial charge >= 0.3 is 11.9 Å². The Morgan fingerprint density at radius 2 is 1.37 bits per heavy atom. The van der Waals surface area contributed by atoms with E-state index in [1.165, 1.54) is 57.8 Å². The fourth-order valence-electron chi connectivity index (χ4n) is 6.60. The zero-order valence-electron chi connectivity index (χ0n) is 36.7. The average Bonchev–Trinajstić information content (AvgIpc) is 3.75. The maximum atomic E-state index is 17.4. The standard InChI is InChI=1S/C45H41F2N5/c1-29-16-18-33(19-17-29)50-28-51(39-15-11-10-14-38(39)50)34-23-31(44(5,6)7)22-32(24-34)45(46,47)41-26-40-36(27-49-41)35-12-8-9-13-37(35)52(40)42-25-30(20-21-48-42)43(2,3)4/h8-27H,1-7H3/q+2/i1D3,10D,11D,14D,15D. The highest BCUT2D eigenvalue weighted by molar-refractivity contribution is 6.08. The predicted molar refractivity (Wildman–Crippen MR) is 209 cm³/mol. The number of benzene rings is 4. The van der Waals surface area contributed by atoms with E-state index in [9.17, 15) is 0 Å². The molecule has 0 spiro atoms. The van der Waals surface area contributed by atoms with Crippen LogP contribution >= 0.6 is 0 Å². The summed E-state index contributed by atoms with van der Waals surface area (Å²) < 4.78 is 97.7. The molecule has 5 nitrogen and oxygen atoms in total. The average molecular weight is 697 g/mol. The second-order valence-corrected chi connectivity index (χ2v) is 15.2. The van der Waals surface area contributed by atoms with E-state index in [0.29, 0.717) is 28.0 Å². The lowest BCUT2D eigenvalue weighted by Gasteiger charge is -2.23. The van der Waals surface area contributed by atoms with Crippen LogP contribution < -0.4 is 9.15 Å². The molecule has 0 saturated heterocycles. The molecular formula is C45H41F2N5+2. The van der Waals surface area contributed by atoms with Crippen molar-refractivity contribution >= 4 is 50.6 Å². The van der Waals surface area contributed by atoms with Crippen molar-refractivity contribution in [3.05, 3.63) is 149 Å². The molecular weight excluding hydrogens is 649 g/mol. The molecule has 0 atom stereocenters. The van der Waals surface area contributed by atoms with Crippen LogP contribution in [0, 0.1) is 6.85 Å². The van der Waals surface area contributed by atoms with Crippen LogP contribution in [0.4, 0.5) is 31.5 Å². The molecule has 7 heteroatoms. The third-order valence-electron chi connectivity index (χ3n) is 9.55. The van der Waals surface area contributed by atoms with Gasteiger partial charge in [0.1, 0.15) is 11.5 Å². The van der Waals surface area contributed by atoms with Gasteiger partial charge in [-0.2, -0.15) is 8.78 Å². The molecule has 0 fully saturated rings. The first kappa shape index (κ1) is 26.1. The highest BCUT2D eigenvalue weighted by atomic mass is 19.3. The summed E-state index contributed by atoms with van der Waals surface area (Å²) in [5.74, 6) is -3.07. The zero-order valence-corrected chi connectivity index (χ0v) is 29.7. The van der Waals surface area contributed by atoms with Crippen LogP contribution in [-0.2, 0) is 16.8 Å². The lowest BCUT2D eigenvalue weighted by Crippen LogP contribution is -2.20. The van der Waals surface area contributed by atoms with Crippen molar-refractivity contribution in [3.8, 4) is 5.82 Å². The summed E-state index contributed by atoms with van der Waals surface area (Å²) in [6.45, 7) is 9.61. The van der Waals surface area contributed by atoms with E-state index < -0.39 is 42.0 Å². The molecule has 0 aliphatic carbocycles. The predicted octanol–water partition coefficient (Wildman–Crippen LogP) is 11.5. The molecule has 4 heterocycles. The van der Waals surface area contributed by atoms with Gasteiger partial charge in [-0.3, -0.25) is 9.55 Å². The smallest absolute Gasteiger partial charge is 0.294 e. The number of hydrogen-bond acceptors (Lipinski definition) is 2. The van der Waals surface area contributed by atoms with Gasteiger partial charge in [-0.15, -0.1) is 0 Å². The van der Waals surface area contributed by atoms with Crippen LogP contribution in [-0.4, -0.2) is 20.5 Å². The van der Waals surface area contributed by atoms with E-state index in [0.717, 1.165) is 16.5 Å². The van der Waals surface area contributed by atoms with Gasteiger partial charge in [-0.25, -0.2) is 4.98 Å². The van der Waals surface area contributed by atoms with Gasteiger partial charge in [0, 0.05) is 69.2 Å². The molecule has 7 aromatic rings. The number of hydrogen-bond donors (Lipinski definition) is 0. The Labute approximate surface area is 312 Å². The fourth-order valence-corrected chi connectivity index (χ4v) is 6.60. The summed E-state index contributed by atoms with van der Waals surface area (Å²) in [6.07, 6.45) is 3.20. The van der Waals surface area contributed by atoms with Gasteiger partial charge < -0.3 is 0 Å². The molecule has 0 radical (unpaired) electrons. The number of aryl methyl sites for hydroxylation is 1. The quantitative estimate of drug-likeness (QED) is 0.168. The van der Waals surface area contributed by atoms with Crippen LogP contribution in [0.5, 0.6) is 0 Å². The second kappa shape index (κ2) is 11.9. The molecule has 52 heavy (non-hydrogen) atoms. The van der Waals surface area contributed by atoms with Crippen molar-refractivity contribution in [2.24, 2.45) is 0 Å². The van der Waals surface area contributed by atoms with Crippen LogP contribution in [0.2, 0.25) is 0 Å². The fraction of sp³-hybridized carbons (Fsp3) is 0.222. The summed E-state index contributed by atoms with van der Waals surface area (Å²) in [4.78, 5) is 9.07. The van der Waals surface area contributed by atoms with E-state index in [1.807, 2.05) is 61.7 Å². The molecule has 1 aliphatic rings. The number of fused-ring (bicyclic) bond motifs is 4. The number of alkyl halides is 2. The minimum Gasteiger partial charge on any atom is -0.294 e. The molecule has 0 saturated carbocycles. The number of halogens is 2. The van der Waals surface area contributed by atoms with Crippen molar-refractivity contribution < 1.29 is 18.4 Å². The Bertz CT molecular complexity index is 2950. The molecule has 0 amide bonds. The van der Waals surface area contributed by atoms with Gasteiger partial charge in [0.15, 0.2) is 0 Å². The van der Waals surface area contributed by atoms with Gasteiger partial charge in [0.25, 0.3) is 11.4 Å². The molecule has 3 aromatic heterocycles. The van der Waals surface area contributed by atoms with Crippen molar-refractivity contribution in [1.29, 1.82) is 0 Å². The molecule has 4 aromatic carbocycles. The first-order valence-electron chi connectivity index (χ1n) is 20.6. The summed E-state index contributed by atoms with van der Waals surface area (Å²) in [5, 5.41) is 1.53. The summed E-state index contributed by atoms with van der Waals surface area (Å²) >= 11 is 0. The Morgan fingerprint density at radius 1 is 0.692 bits per heavy atom. The van der Waals surface area contributed by atoms with E-state index >= 15 is 8.78 Å².